The minimum absolute atomic E-state index is 0.212. The van der Waals surface area contributed by atoms with E-state index in [1.807, 2.05) is 60.9 Å². The summed E-state index contributed by atoms with van der Waals surface area (Å²) in [6.07, 6.45) is 8.23. The molecule has 0 aliphatic heterocycles. The molecule has 234 valence electrons. The Morgan fingerprint density at radius 3 is 1.33 bits per heavy atom. The van der Waals surface area contributed by atoms with Crippen molar-refractivity contribution in [1.29, 1.82) is 0 Å². The minimum atomic E-state index is -0.292. The van der Waals surface area contributed by atoms with Gasteiger partial charge in [-0.05, 0) is 37.8 Å². The van der Waals surface area contributed by atoms with Crippen LogP contribution >= 0.6 is 0 Å². The van der Waals surface area contributed by atoms with Crippen LogP contribution in [0.15, 0.2) is 109 Å². The second kappa shape index (κ2) is 14.2. The molecule has 0 aliphatic rings. The summed E-state index contributed by atoms with van der Waals surface area (Å²) in [6, 6.07) is 33.0. The molecule has 4 heterocycles. The molecule has 0 aliphatic carbocycles. The third kappa shape index (κ3) is 6.56. The molecular weight excluding hydrogens is 576 g/mol. The number of rotatable bonds is 13. The van der Waals surface area contributed by atoms with E-state index >= 15 is 0 Å². The van der Waals surface area contributed by atoms with Crippen molar-refractivity contribution in [3.05, 3.63) is 121 Å². The first kappa shape index (κ1) is 30.8. The molecule has 0 saturated carbocycles. The van der Waals surface area contributed by atoms with Gasteiger partial charge in [0.25, 0.3) is 11.3 Å². The number of carbonyl (C=O) groups excluding carboxylic acids is 2. The van der Waals surface area contributed by atoms with Gasteiger partial charge >= 0.3 is 11.9 Å². The van der Waals surface area contributed by atoms with E-state index in [1.54, 1.807) is 0 Å². The van der Waals surface area contributed by atoms with Crippen molar-refractivity contribution >= 4 is 23.2 Å². The summed E-state index contributed by atoms with van der Waals surface area (Å²) in [5.41, 5.74) is 8.44. The molecule has 0 amide bonds. The third-order valence-corrected chi connectivity index (χ3v) is 8.33. The second-order valence-corrected chi connectivity index (χ2v) is 11.5. The van der Waals surface area contributed by atoms with Crippen molar-refractivity contribution in [3.8, 4) is 22.5 Å². The number of esters is 2. The Labute approximate surface area is 269 Å². The van der Waals surface area contributed by atoms with Crippen LogP contribution in [-0.2, 0) is 45.4 Å². The smallest absolute Gasteiger partial charge is 0.303 e. The van der Waals surface area contributed by atoms with E-state index < -0.39 is 0 Å². The van der Waals surface area contributed by atoms with Crippen molar-refractivity contribution in [2.45, 2.75) is 65.8 Å². The number of hydrogen-bond donors (Lipinski definition) is 0. The maximum atomic E-state index is 11.8. The normalized spacial score (nSPS) is 11.3. The predicted molar refractivity (Wildman–Crippen MR) is 175 cm³/mol. The molecule has 0 unspecified atom stereocenters. The fourth-order valence-electron chi connectivity index (χ4n) is 6.33. The average molecular weight is 617 g/mol. The van der Waals surface area contributed by atoms with Crippen LogP contribution < -0.4 is 9.13 Å². The zero-order valence-electron chi connectivity index (χ0n) is 26.5. The topological polar surface area (TPSA) is 69.2 Å². The summed E-state index contributed by atoms with van der Waals surface area (Å²) in [5.74, 6) is -0.585. The van der Waals surface area contributed by atoms with Crippen LogP contribution in [0.25, 0.3) is 33.8 Å². The highest BCUT2D eigenvalue weighted by atomic mass is 16.5. The van der Waals surface area contributed by atoms with Crippen LogP contribution in [0.3, 0.4) is 0 Å². The van der Waals surface area contributed by atoms with Gasteiger partial charge in [-0.25, -0.2) is 9.13 Å². The Bertz CT molecular complexity index is 1820. The van der Waals surface area contributed by atoms with E-state index in [9.17, 15) is 9.59 Å². The number of carbonyl (C=O) groups is 2. The van der Waals surface area contributed by atoms with Gasteiger partial charge in [-0.2, -0.15) is 8.80 Å². The van der Waals surface area contributed by atoms with E-state index in [0.717, 1.165) is 84.0 Å². The molecule has 2 aromatic carbocycles. The van der Waals surface area contributed by atoms with E-state index in [1.165, 1.54) is 13.8 Å². The molecule has 4 aromatic heterocycles. The molecule has 0 N–H and O–H groups in total. The fraction of sp³-hybridized carbons (Fsp3) is 0.263. The van der Waals surface area contributed by atoms with Crippen LogP contribution in [0.2, 0.25) is 0 Å². The number of benzene rings is 2. The number of unbranched alkanes of at least 4 members (excludes halogenated alkanes) is 3. The first-order valence-corrected chi connectivity index (χ1v) is 15.9. The number of fused-ring (bicyclic) bond motifs is 2. The Hall–Kier alpha value is -5.24. The highest BCUT2D eigenvalue weighted by Gasteiger charge is 2.28. The summed E-state index contributed by atoms with van der Waals surface area (Å²) in [7, 11) is 0. The Balaban J connectivity index is 1.21. The van der Waals surface area contributed by atoms with Gasteiger partial charge in [0.05, 0.1) is 25.5 Å². The molecule has 8 nitrogen and oxygen atoms in total. The van der Waals surface area contributed by atoms with E-state index in [0.29, 0.717) is 0 Å². The van der Waals surface area contributed by atoms with Crippen LogP contribution in [-0.4, -0.2) is 20.7 Å². The number of pyridine rings is 2. The fourth-order valence-corrected chi connectivity index (χ4v) is 6.33. The number of hydrogen-bond acceptors (Lipinski definition) is 4. The van der Waals surface area contributed by atoms with Gasteiger partial charge in [-0.3, -0.25) is 9.59 Å². The number of ether oxygens (including phenoxy) is 2. The van der Waals surface area contributed by atoms with Crippen LogP contribution in [0, 0.1) is 0 Å². The highest BCUT2D eigenvalue weighted by Crippen LogP contribution is 2.26. The quantitative estimate of drug-likeness (QED) is 0.0846. The van der Waals surface area contributed by atoms with E-state index in [2.05, 4.69) is 66.5 Å². The lowest BCUT2D eigenvalue weighted by Crippen LogP contribution is -2.36. The lowest BCUT2D eigenvalue weighted by molar-refractivity contribution is -0.662. The van der Waals surface area contributed by atoms with Crippen molar-refractivity contribution in [2.24, 2.45) is 0 Å². The lowest BCUT2D eigenvalue weighted by atomic mass is 10.1. The Morgan fingerprint density at radius 2 is 0.935 bits per heavy atom. The molecule has 8 heteroatoms. The summed E-state index contributed by atoms with van der Waals surface area (Å²) in [4.78, 5) is 23.5. The molecule has 0 saturated heterocycles. The first-order chi connectivity index (χ1) is 22.5. The molecule has 6 rings (SSSR count). The second-order valence-electron chi connectivity index (χ2n) is 11.5. The molecule has 0 radical (unpaired) electrons. The zero-order valence-corrected chi connectivity index (χ0v) is 26.5. The largest absolute Gasteiger partial charge is 0.457 e. The number of nitrogens with zero attached hydrogens (tertiary/aromatic N) is 4. The van der Waals surface area contributed by atoms with Crippen molar-refractivity contribution in [3.63, 3.8) is 0 Å². The Morgan fingerprint density at radius 1 is 0.543 bits per heavy atom. The Kier molecular flexibility index (Phi) is 9.53. The van der Waals surface area contributed by atoms with Gasteiger partial charge in [0.2, 0.25) is 0 Å². The summed E-state index contributed by atoms with van der Waals surface area (Å²) < 4.78 is 20.0. The molecule has 0 atom stereocenters. The van der Waals surface area contributed by atoms with Crippen LogP contribution in [0.5, 0.6) is 0 Å². The zero-order chi connectivity index (χ0) is 31.9. The SMILES string of the molecule is CC(=O)OCc1c(-c2ccccc2)[n+](CCCCCC[n+]2c(-c3ccccc3)c(COC(C)=O)n3ccccc32)c2ccccn12. The maximum Gasteiger partial charge on any atom is 0.303 e. The minimum Gasteiger partial charge on any atom is -0.457 e. The van der Waals surface area contributed by atoms with Gasteiger partial charge in [0.1, 0.15) is 0 Å². The highest BCUT2D eigenvalue weighted by molar-refractivity contribution is 5.67. The molecule has 0 spiro atoms. The molecule has 46 heavy (non-hydrogen) atoms. The van der Waals surface area contributed by atoms with Crippen LogP contribution in [0.4, 0.5) is 0 Å². The number of aromatic nitrogens is 4. The van der Waals surface area contributed by atoms with Gasteiger partial charge < -0.3 is 9.47 Å². The number of aryl methyl sites for hydroxylation is 2. The predicted octanol–water partition coefficient (Wildman–Crippen LogP) is 6.49. The first-order valence-electron chi connectivity index (χ1n) is 15.9. The summed E-state index contributed by atoms with van der Waals surface area (Å²) >= 11 is 0. The van der Waals surface area contributed by atoms with Crippen molar-refractivity contribution in [1.82, 2.24) is 8.80 Å². The summed E-state index contributed by atoms with van der Waals surface area (Å²) in [6.45, 7) is 5.02. The maximum absolute atomic E-state index is 11.8. The monoisotopic (exact) mass is 616 g/mol. The third-order valence-electron chi connectivity index (χ3n) is 8.33. The lowest BCUT2D eigenvalue weighted by Gasteiger charge is -2.07. The number of imidazole rings is 2. The van der Waals surface area contributed by atoms with Gasteiger partial charge in [-0.15, -0.1) is 0 Å². The molecule has 6 aromatic rings. The molecule has 0 fully saturated rings. The van der Waals surface area contributed by atoms with Crippen LogP contribution in [0.1, 0.15) is 50.9 Å². The molecular formula is C38H40N4O4+2. The van der Waals surface area contributed by atoms with Gasteiger partial charge in [0, 0.05) is 37.1 Å². The molecule has 0 bridgehead atoms. The van der Waals surface area contributed by atoms with Crippen molar-refractivity contribution < 1.29 is 28.2 Å². The average Bonchev–Trinajstić information content (AvgIpc) is 3.57. The van der Waals surface area contributed by atoms with Crippen molar-refractivity contribution in [2.75, 3.05) is 0 Å². The van der Waals surface area contributed by atoms with E-state index in [-0.39, 0.29) is 25.2 Å². The van der Waals surface area contributed by atoms with Gasteiger partial charge in [-0.1, -0.05) is 72.8 Å². The van der Waals surface area contributed by atoms with E-state index in [4.69, 9.17) is 9.47 Å². The summed E-state index contributed by atoms with van der Waals surface area (Å²) in [5, 5.41) is 0. The standard InChI is InChI=1S/C38H40N4O4/c1-29(43)45-27-33-37(31-17-7-5-8-18-31)41(35-21-11-15-23-39(33)35)25-13-3-4-14-26-42-36-22-12-16-24-40(36)34(28-46-30(2)44)38(42)32-19-9-6-10-20-32/h5-12,15-24H,3-4,13-14,25-28H2,1-2H3/q+2. The van der Waals surface area contributed by atoms with Gasteiger partial charge in [0.15, 0.2) is 36.0 Å².